The summed E-state index contributed by atoms with van der Waals surface area (Å²) >= 11 is 0. The maximum atomic E-state index is 13.0. The SMILES string of the molecule is C[C@@H]1CN(Cc2cn[nH]c2-c2ccc(F)cc2)CCN1.Cl. The average molecular weight is 311 g/mol. The Morgan fingerprint density at radius 2 is 2.10 bits per heavy atom. The van der Waals surface area contributed by atoms with Crippen molar-refractivity contribution in [3.8, 4) is 11.3 Å². The van der Waals surface area contributed by atoms with Crippen molar-refractivity contribution in [1.29, 1.82) is 0 Å². The van der Waals surface area contributed by atoms with Gasteiger partial charge in [-0.2, -0.15) is 5.10 Å². The van der Waals surface area contributed by atoms with Crippen LogP contribution in [0.3, 0.4) is 0 Å². The van der Waals surface area contributed by atoms with Gasteiger partial charge in [-0.05, 0) is 31.2 Å². The molecule has 2 N–H and O–H groups in total. The maximum Gasteiger partial charge on any atom is 0.123 e. The van der Waals surface area contributed by atoms with Crippen molar-refractivity contribution >= 4 is 12.4 Å². The zero-order valence-electron chi connectivity index (χ0n) is 12.0. The topological polar surface area (TPSA) is 44.0 Å². The van der Waals surface area contributed by atoms with Crippen LogP contribution in [0.4, 0.5) is 4.39 Å². The number of piperazine rings is 1. The van der Waals surface area contributed by atoms with Crippen LogP contribution in [0.1, 0.15) is 12.5 Å². The summed E-state index contributed by atoms with van der Waals surface area (Å²) in [5, 5.41) is 10.6. The molecule has 21 heavy (non-hydrogen) atoms. The van der Waals surface area contributed by atoms with Crippen LogP contribution < -0.4 is 5.32 Å². The molecule has 1 atom stereocenters. The molecule has 6 heteroatoms. The molecule has 0 aliphatic carbocycles. The van der Waals surface area contributed by atoms with Gasteiger partial charge < -0.3 is 5.32 Å². The molecule has 1 aliphatic rings. The number of rotatable bonds is 3. The van der Waals surface area contributed by atoms with Crippen molar-refractivity contribution in [3.63, 3.8) is 0 Å². The Kier molecular flexibility index (Phi) is 5.33. The van der Waals surface area contributed by atoms with Crippen LogP contribution in [0.15, 0.2) is 30.5 Å². The first-order valence-electron chi connectivity index (χ1n) is 6.96. The molecule has 2 aromatic rings. The number of nitrogens with zero attached hydrogens (tertiary/aromatic N) is 2. The van der Waals surface area contributed by atoms with Crippen LogP contribution in [0.5, 0.6) is 0 Å². The first-order chi connectivity index (χ1) is 9.72. The van der Waals surface area contributed by atoms with Crippen LogP contribution in [0.2, 0.25) is 0 Å². The summed E-state index contributed by atoms with van der Waals surface area (Å²) in [6.45, 7) is 6.16. The van der Waals surface area contributed by atoms with Crippen molar-refractivity contribution in [3.05, 3.63) is 41.8 Å². The summed E-state index contributed by atoms with van der Waals surface area (Å²) in [5.41, 5.74) is 3.11. The zero-order chi connectivity index (χ0) is 13.9. The number of hydrogen-bond acceptors (Lipinski definition) is 3. The Hall–Kier alpha value is -1.43. The Labute approximate surface area is 130 Å². The lowest BCUT2D eigenvalue weighted by Gasteiger charge is -2.31. The van der Waals surface area contributed by atoms with Crippen molar-refractivity contribution in [2.45, 2.75) is 19.5 Å². The summed E-state index contributed by atoms with van der Waals surface area (Å²) in [5.74, 6) is -0.217. The number of H-pyrrole nitrogens is 1. The Morgan fingerprint density at radius 1 is 1.33 bits per heavy atom. The second-order valence-electron chi connectivity index (χ2n) is 5.37. The monoisotopic (exact) mass is 310 g/mol. The number of aromatic nitrogens is 2. The molecular weight excluding hydrogens is 291 g/mol. The Bertz CT molecular complexity index is 569. The minimum atomic E-state index is -0.217. The normalized spacial score (nSPS) is 19.2. The van der Waals surface area contributed by atoms with Gasteiger partial charge in [-0.1, -0.05) is 0 Å². The van der Waals surface area contributed by atoms with Gasteiger partial charge in [0.25, 0.3) is 0 Å². The minimum absolute atomic E-state index is 0. The fourth-order valence-corrected chi connectivity index (χ4v) is 2.69. The molecule has 3 rings (SSSR count). The number of halogens is 2. The van der Waals surface area contributed by atoms with E-state index >= 15 is 0 Å². The van der Waals surface area contributed by atoms with Crippen LogP contribution in [-0.4, -0.2) is 40.8 Å². The van der Waals surface area contributed by atoms with Gasteiger partial charge in [0.2, 0.25) is 0 Å². The van der Waals surface area contributed by atoms with Gasteiger partial charge in [0.1, 0.15) is 5.82 Å². The lowest BCUT2D eigenvalue weighted by molar-refractivity contribution is 0.200. The van der Waals surface area contributed by atoms with Gasteiger partial charge in [-0.25, -0.2) is 4.39 Å². The van der Waals surface area contributed by atoms with E-state index in [1.807, 2.05) is 6.20 Å². The Morgan fingerprint density at radius 3 is 2.81 bits per heavy atom. The zero-order valence-corrected chi connectivity index (χ0v) is 12.8. The summed E-state index contributed by atoms with van der Waals surface area (Å²) < 4.78 is 13.0. The van der Waals surface area contributed by atoms with Crippen molar-refractivity contribution in [1.82, 2.24) is 20.4 Å². The minimum Gasteiger partial charge on any atom is -0.312 e. The van der Waals surface area contributed by atoms with E-state index in [2.05, 4.69) is 27.3 Å². The van der Waals surface area contributed by atoms with Gasteiger partial charge in [-0.15, -0.1) is 12.4 Å². The molecule has 0 saturated carbocycles. The summed E-state index contributed by atoms with van der Waals surface area (Å²) in [6.07, 6.45) is 1.87. The smallest absolute Gasteiger partial charge is 0.123 e. The summed E-state index contributed by atoms with van der Waals surface area (Å²) in [7, 11) is 0. The molecule has 1 aliphatic heterocycles. The van der Waals surface area contributed by atoms with Crippen LogP contribution >= 0.6 is 12.4 Å². The maximum absolute atomic E-state index is 13.0. The highest BCUT2D eigenvalue weighted by Crippen LogP contribution is 2.22. The molecule has 0 bridgehead atoms. The fraction of sp³-hybridized carbons (Fsp3) is 0.400. The van der Waals surface area contributed by atoms with Crippen molar-refractivity contribution in [2.75, 3.05) is 19.6 Å². The van der Waals surface area contributed by atoms with E-state index in [0.29, 0.717) is 6.04 Å². The Balaban J connectivity index is 0.00000161. The third kappa shape index (κ3) is 3.81. The predicted octanol–water partition coefficient (Wildman–Crippen LogP) is 2.43. The third-order valence-corrected chi connectivity index (χ3v) is 3.70. The molecule has 1 fully saturated rings. The summed E-state index contributed by atoms with van der Waals surface area (Å²) in [4.78, 5) is 2.42. The average Bonchev–Trinajstić information content (AvgIpc) is 2.88. The van der Waals surface area contributed by atoms with Crippen LogP contribution in [0.25, 0.3) is 11.3 Å². The van der Waals surface area contributed by atoms with E-state index in [1.165, 1.54) is 12.1 Å². The van der Waals surface area contributed by atoms with E-state index in [9.17, 15) is 4.39 Å². The lowest BCUT2D eigenvalue weighted by Crippen LogP contribution is -2.48. The standard InChI is InChI=1S/C15H19FN4.ClH/c1-11-9-20(7-6-17-11)10-13-8-18-19-15(13)12-2-4-14(16)5-3-12;/h2-5,8,11,17H,6-7,9-10H2,1H3,(H,18,19);1H/t11-;/m1./s1. The van der Waals surface area contributed by atoms with Crippen LogP contribution in [0, 0.1) is 5.82 Å². The molecule has 1 aromatic heterocycles. The van der Waals surface area contributed by atoms with Gasteiger partial charge >= 0.3 is 0 Å². The van der Waals surface area contributed by atoms with E-state index in [4.69, 9.17) is 0 Å². The van der Waals surface area contributed by atoms with Gasteiger partial charge in [0.05, 0.1) is 11.9 Å². The number of nitrogens with one attached hydrogen (secondary N) is 2. The number of hydrogen-bond donors (Lipinski definition) is 2. The van der Waals surface area contributed by atoms with Crippen molar-refractivity contribution in [2.24, 2.45) is 0 Å². The summed E-state index contributed by atoms with van der Waals surface area (Å²) in [6, 6.07) is 7.05. The molecule has 114 valence electrons. The highest BCUT2D eigenvalue weighted by molar-refractivity contribution is 5.85. The first kappa shape index (κ1) is 15.9. The van der Waals surface area contributed by atoms with Crippen LogP contribution in [-0.2, 0) is 6.54 Å². The van der Waals surface area contributed by atoms with E-state index in [0.717, 1.165) is 43.0 Å². The molecule has 4 nitrogen and oxygen atoms in total. The highest BCUT2D eigenvalue weighted by Gasteiger charge is 2.18. The van der Waals surface area contributed by atoms with Gasteiger partial charge in [0, 0.05) is 43.3 Å². The molecule has 1 aromatic carbocycles. The van der Waals surface area contributed by atoms with Gasteiger partial charge in [0.15, 0.2) is 0 Å². The highest BCUT2D eigenvalue weighted by atomic mass is 35.5. The number of aromatic amines is 1. The molecule has 0 amide bonds. The molecule has 0 radical (unpaired) electrons. The van der Waals surface area contributed by atoms with E-state index in [-0.39, 0.29) is 18.2 Å². The first-order valence-corrected chi connectivity index (χ1v) is 6.96. The predicted molar refractivity (Wildman–Crippen MR) is 84.0 cm³/mol. The molecule has 0 spiro atoms. The molecule has 2 heterocycles. The molecule has 1 saturated heterocycles. The largest absolute Gasteiger partial charge is 0.312 e. The fourth-order valence-electron chi connectivity index (χ4n) is 2.69. The quantitative estimate of drug-likeness (QED) is 0.915. The van der Waals surface area contributed by atoms with Gasteiger partial charge in [-0.3, -0.25) is 10.00 Å². The third-order valence-electron chi connectivity index (χ3n) is 3.70. The second-order valence-corrected chi connectivity index (χ2v) is 5.37. The van der Waals surface area contributed by atoms with E-state index < -0.39 is 0 Å². The lowest BCUT2D eigenvalue weighted by atomic mass is 10.1. The number of benzene rings is 1. The van der Waals surface area contributed by atoms with E-state index in [1.54, 1.807) is 12.1 Å². The molecular formula is C15H20ClFN4. The van der Waals surface area contributed by atoms with Crippen molar-refractivity contribution < 1.29 is 4.39 Å². The second kappa shape index (κ2) is 7.02. The molecule has 0 unspecified atom stereocenters.